The van der Waals surface area contributed by atoms with Gasteiger partial charge in [0, 0.05) is 30.8 Å². The zero-order chi connectivity index (χ0) is 27.6. The number of benzene rings is 1. The molecule has 11 nitrogen and oxygen atoms in total. The lowest BCUT2D eigenvalue weighted by Gasteiger charge is -2.19. The van der Waals surface area contributed by atoms with Gasteiger partial charge in [0.25, 0.3) is 11.1 Å². The third-order valence-electron chi connectivity index (χ3n) is 4.20. The summed E-state index contributed by atoms with van der Waals surface area (Å²) in [6.45, 7) is 3.43. The first-order chi connectivity index (χ1) is 16.8. The molecule has 36 heavy (non-hydrogen) atoms. The molecule has 2 N–H and O–H groups in total. The van der Waals surface area contributed by atoms with Crippen molar-refractivity contribution in [3.63, 3.8) is 0 Å². The third kappa shape index (κ3) is 10.6. The minimum Gasteiger partial charge on any atom is -0.464 e. The third-order valence-corrected chi connectivity index (χ3v) is 7.62. The molecule has 0 bridgehead atoms. The fourth-order valence-corrected chi connectivity index (χ4v) is 7.63. The Morgan fingerprint density at radius 1 is 0.861 bits per heavy atom. The largest absolute Gasteiger partial charge is 0.464 e. The van der Waals surface area contributed by atoms with Crippen LogP contribution in [0.5, 0.6) is 0 Å². The van der Waals surface area contributed by atoms with E-state index in [4.69, 9.17) is 25.8 Å². The Hall–Kier alpha value is -1.28. The smallest absolute Gasteiger partial charge is 0.303 e. The second-order valence-electron chi connectivity index (χ2n) is 7.06. The van der Waals surface area contributed by atoms with Gasteiger partial charge in [-0.25, -0.2) is 0 Å². The average Bonchev–Trinajstić information content (AvgIpc) is 2.75. The van der Waals surface area contributed by atoms with E-state index in [9.17, 15) is 28.8 Å². The van der Waals surface area contributed by atoms with Gasteiger partial charge < -0.3 is 24.8 Å². The van der Waals surface area contributed by atoms with Gasteiger partial charge in [-0.05, 0) is 85.8 Å². The number of hydrogen-bond donors (Lipinski definition) is 2. The molecular weight excluding hydrogens is 840 g/mol. The maximum atomic E-state index is 12.9. The SMILES string of the molecule is CC(=O)OCCNC(=O)c1c(I)c(NC(=O)CCC(COC(C)=O)OC(C)=O)c(I)c(C(=O)Cl)c1I. The summed E-state index contributed by atoms with van der Waals surface area (Å²) in [5, 5.41) is 4.47. The predicted molar refractivity (Wildman–Crippen MR) is 154 cm³/mol. The van der Waals surface area contributed by atoms with E-state index >= 15 is 0 Å². The monoisotopic (exact) mass is 862 g/mol. The highest BCUT2D eigenvalue weighted by Gasteiger charge is 2.28. The summed E-state index contributed by atoms with van der Waals surface area (Å²) >= 11 is 11.3. The van der Waals surface area contributed by atoms with Crippen LogP contribution < -0.4 is 10.6 Å². The molecule has 0 spiro atoms. The summed E-state index contributed by atoms with van der Waals surface area (Å²) in [7, 11) is 0. The van der Waals surface area contributed by atoms with Crippen LogP contribution in [0.3, 0.4) is 0 Å². The van der Waals surface area contributed by atoms with Crippen molar-refractivity contribution in [2.24, 2.45) is 0 Å². The Balaban J connectivity index is 3.16. The van der Waals surface area contributed by atoms with E-state index in [1.54, 1.807) is 0 Å². The van der Waals surface area contributed by atoms with Crippen molar-refractivity contribution in [1.29, 1.82) is 0 Å². The average molecular weight is 863 g/mol. The van der Waals surface area contributed by atoms with Gasteiger partial charge in [0.1, 0.15) is 19.3 Å². The topological polar surface area (TPSA) is 154 Å². The van der Waals surface area contributed by atoms with Gasteiger partial charge in [0.05, 0.1) is 30.5 Å². The number of halogens is 4. The normalized spacial score (nSPS) is 11.2. The van der Waals surface area contributed by atoms with E-state index in [-0.39, 0.29) is 49.4 Å². The summed E-state index contributed by atoms with van der Waals surface area (Å²) in [4.78, 5) is 71.1. The molecule has 0 radical (unpaired) electrons. The van der Waals surface area contributed by atoms with E-state index in [1.807, 2.05) is 67.8 Å². The van der Waals surface area contributed by atoms with E-state index in [1.165, 1.54) is 20.8 Å². The van der Waals surface area contributed by atoms with Crippen LogP contribution in [0.2, 0.25) is 0 Å². The lowest BCUT2D eigenvalue weighted by Crippen LogP contribution is -2.30. The Morgan fingerprint density at radius 2 is 1.44 bits per heavy atom. The van der Waals surface area contributed by atoms with Crippen molar-refractivity contribution in [3.8, 4) is 0 Å². The molecule has 1 aromatic rings. The number of rotatable bonds is 12. The quantitative estimate of drug-likeness (QED) is 0.106. The first-order valence-corrected chi connectivity index (χ1v) is 13.8. The first-order valence-electron chi connectivity index (χ1n) is 10.2. The highest BCUT2D eigenvalue weighted by atomic mass is 127. The lowest BCUT2D eigenvalue weighted by molar-refractivity contribution is -0.156. The number of amides is 2. The summed E-state index contributed by atoms with van der Waals surface area (Å²) < 4.78 is 15.7. The van der Waals surface area contributed by atoms with Crippen LogP contribution in [0.4, 0.5) is 5.69 Å². The molecule has 1 atom stereocenters. The number of nitrogens with one attached hydrogen (secondary N) is 2. The van der Waals surface area contributed by atoms with E-state index in [0.29, 0.717) is 10.7 Å². The minimum absolute atomic E-state index is 0.0300. The van der Waals surface area contributed by atoms with Crippen LogP contribution >= 0.6 is 79.4 Å². The lowest BCUT2D eigenvalue weighted by atomic mass is 10.1. The van der Waals surface area contributed by atoms with Gasteiger partial charge >= 0.3 is 17.9 Å². The molecule has 0 aromatic heterocycles. The molecule has 0 aliphatic carbocycles. The highest BCUT2D eigenvalue weighted by Crippen LogP contribution is 2.36. The number of esters is 3. The van der Waals surface area contributed by atoms with Gasteiger partial charge in [-0.3, -0.25) is 28.8 Å². The molecule has 0 saturated heterocycles. The van der Waals surface area contributed by atoms with E-state index in [2.05, 4.69) is 10.6 Å². The van der Waals surface area contributed by atoms with Crippen molar-refractivity contribution in [2.45, 2.75) is 39.7 Å². The van der Waals surface area contributed by atoms with E-state index in [0.717, 1.165) is 0 Å². The van der Waals surface area contributed by atoms with Crippen LogP contribution in [0.1, 0.15) is 54.3 Å². The molecule has 0 aliphatic rings. The second-order valence-corrected chi connectivity index (χ2v) is 10.6. The van der Waals surface area contributed by atoms with Crippen LogP contribution in [-0.4, -0.2) is 60.8 Å². The Kier molecular flexibility index (Phi) is 14.4. The summed E-state index contributed by atoms with van der Waals surface area (Å²) in [5.74, 6) is -2.70. The highest BCUT2D eigenvalue weighted by molar-refractivity contribution is 14.1. The number of anilines is 1. The van der Waals surface area contributed by atoms with Crippen molar-refractivity contribution in [2.75, 3.05) is 25.1 Å². The van der Waals surface area contributed by atoms with Crippen LogP contribution in [0.25, 0.3) is 0 Å². The number of carbonyl (C=O) groups excluding carboxylic acids is 6. The zero-order valence-electron chi connectivity index (χ0n) is 19.3. The molecule has 0 saturated carbocycles. The zero-order valence-corrected chi connectivity index (χ0v) is 26.5. The summed E-state index contributed by atoms with van der Waals surface area (Å²) in [6.07, 6.45) is -0.891. The fraction of sp³-hybridized carbons (Fsp3) is 0.429. The maximum Gasteiger partial charge on any atom is 0.303 e. The molecule has 2 amide bonds. The molecule has 0 fully saturated rings. The van der Waals surface area contributed by atoms with Crippen LogP contribution in [0.15, 0.2) is 0 Å². The summed E-state index contributed by atoms with van der Waals surface area (Å²) in [5.41, 5.74) is 0.373. The molecular formula is C21H22ClI3N2O9. The maximum absolute atomic E-state index is 12.9. The number of ether oxygens (including phenoxy) is 3. The van der Waals surface area contributed by atoms with Gasteiger partial charge in [0.2, 0.25) is 5.91 Å². The van der Waals surface area contributed by atoms with Crippen molar-refractivity contribution in [3.05, 3.63) is 21.8 Å². The Labute approximate surface area is 252 Å². The summed E-state index contributed by atoms with van der Waals surface area (Å²) in [6, 6.07) is 0. The second kappa shape index (κ2) is 15.9. The van der Waals surface area contributed by atoms with E-state index < -0.39 is 41.1 Å². The predicted octanol–water partition coefficient (Wildman–Crippen LogP) is 3.39. The van der Waals surface area contributed by atoms with Gasteiger partial charge in [0.15, 0.2) is 0 Å². The van der Waals surface area contributed by atoms with Crippen molar-refractivity contribution < 1.29 is 43.0 Å². The molecule has 1 rings (SSSR count). The van der Waals surface area contributed by atoms with Gasteiger partial charge in [-0.2, -0.15) is 0 Å². The van der Waals surface area contributed by atoms with Gasteiger partial charge in [-0.1, -0.05) is 0 Å². The van der Waals surface area contributed by atoms with Crippen molar-refractivity contribution in [1.82, 2.24) is 5.32 Å². The fourth-order valence-electron chi connectivity index (χ4n) is 2.71. The first kappa shape index (κ1) is 32.7. The Bertz CT molecular complexity index is 1070. The standard InChI is InChI=1S/C21H22ClI3N2O9/c1-9(28)34-7-6-26-21(33)15-16(23)14(20(22)32)17(24)19(18(15)25)27-13(31)5-4-12(36-11(3)30)8-35-10(2)29/h12H,4-8H2,1-3H3,(H,26,33)(H,27,31). The van der Waals surface area contributed by atoms with Gasteiger partial charge in [-0.15, -0.1) is 0 Å². The van der Waals surface area contributed by atoms with Crippen LogP contribution in [-0.2, 0) is 33.4 Å². The molecule has 1 aromatic carbocycles. The minimum atomic E-state index is -0.828. The molecule has 198 valence electrons. The van der Waals surface area contributed by atoms with Crippen LogP contribution in [0, 0.1) is 10.7 Å². The molecule has 0 aliphatic heterocycles. The van der Waals surface area contributed by atoms with Crippen molar-refractivity contribution >= 4 is 120 Å². The molecule has 1 unspecified atom stereocenters. The number of hydrogen-bond acceptors (Lipinski definition) is 9. The Morgan fingerprint density at radius 3 is 1.97 bits per heavy atom. The molecule has 15 heteroatoms. The number of carbonyl (C=O) groups is 6. The molecule has 0 heterocycles.